The summed E-state index contributed by atoms with van der Waals surface area (Å²) in [5.74, 6) is 1.53. The van der Waals surface area contributed by atoms with E-state index in [0.717, 1.165) is 35.4 Å². The van der Waals surface area contributed by atoms with Crippen LogP contribution in [0.25, 0.3) is 22.2 Å². The Hall–Kier alpha value is -4.48. The van der Waals surface area contributed by atoms with Crippen LogP contribution in [-0.4, -0.2) is 88.6 Å². The maximum Gasteiger partial charge on any atom is 0.248 e. The van der Waals surface area contributed by atoms with Crippen molar-refractivity contribution < 1.29 is 9.18 Å². The maximum absolute atomic E-state index is 12.5. The third kappa shape index (κ3) is 6.93. The highest BCUT2D eigenvalue weighted by atomic mass is 19.1. The van der Waals surface area contributed by atoms with Crippen molar-refractivity contribution in [1.29, 1.82) is 0 Å². The van der Waals surface area contributed by atoms with Gasteiger partial charge in [-0.05, 0) is 38.4 Å². The van der Waals surface area contributed by atoms with Crippen LogP contribution in [0.1, 0.15) is 0 Å². The average molecular weight is 542 g/mol. The Kier molecular flexibility index (Phi) is 8.53. The summed E-state index contributed by atoms with van der Waals surface area (Å²) in [7, 11) is 3.89. The summed E-state index contributed by atoms with van der Waals surface area (Å²) in [6, 6.07) is 15.3. The van der Waals surface area contributed by atoms with E-state index in [9.17, 15) is 9.18 Å². The topological polar surface area (TPSA) is 111 Å². The van der Waals surface area contributed by atoms with Crippen LogP contribution in [0.5, 0.6) is 0 Å². The average Bonchev–Trinajstić information content (AvgIpc) is 2.92. The summed E-state index contributed by atoms with van der Waals surface area (Å²) in [4.78, 5) is 34.8. The third-order valence-corrected chi connectivity index (χ3v) is 6.35. The van der Waals surface area contributed by atoms with E-state index in [1.165, 1.54) is 6.08 Å². The molecule has 11 heteroatoms. The van der Waals surface area contributed by atoms with Crippen LogP contribution in [0.3, 0.4) is 0 Å². The van der Waals surface area contributed by atoms with Crippen LogP contribution in [0, 0.1) is 0 Å². The number of anilines is 4. The van der Waals surface area contributed by atoms with Gasteiger partial charge >= 0.3 is 0 Å². The van der Waals surface area contributed by atoms with Crippen molar-refractivity contribution in [1.82, 2.24) is 29.7 Å². The molecule has 0 radical (unpaired) electrons. The quantitative estimate of drug-likeness (QED) is 0.243. The monoisotopic (exact) mass is 541 g/mol. The molecular weight excluding hydrogens is 509 g/mol. The lowest BCUT2D eigenvalue weighted by molar-refractivity contribution is -0.111. The van der Waals surface area contributed by atoms with E-state index in [-0.39, 0.29) is 18.6 Å². The van der Waals surface area contributed by atoms with Crippen LogP contribution >= 0.6 is 0 Å². The number of likely N-dealkylation sites (tertiary alicyclic amines) is 1. The fraction of sp³-hybridized carbons (Fsp3) is 0.276. The summed E-state index contributed by atoms with van der Waals surface area (Å²) >= 11 is 0. The summed E-state index contributed by atoms with van der Waals surface area (Å²) < 4.78 is 12.5. The van der Waals surface area contributed by atoms with E-state index in [1.807, 2.05) is 67.5 Å². The first-order chi connectivity index (χ1) is 19.5. The van der Waals surface area contributed by atoms with Gasteiger partial charge in [-0.25, -0.2) is 19.3 Å². The number of para-hydroxylation sites is 1. The van der Waals surface area contributed by atoms with Gasteiger partial charge in [-0.2, -0.15) is 0 Å². The Balaban J connectivity index is 1.32. The second kappa shape index (κ2) is 12.6. The zero-order valence-corrected chi connectivity index (χ0v) is 22.5. The molecule has 1 fully saturated rings. The highest BCUT2D eigenvalue weighted by Gasteiger charge is 2.26. The van der Waals surface area contributed by atoms with Crippen molar-refractivity contribution in [2.24, 2.45) is 0 Å². The molecule has 0 spiro atoms. The highest BCUT2D eigenvalue weighted by Crippen LogP contribution is 2.28. The SMILES string of the molecule is CN(C)C/C=C/C(=O)Nc1ccnc(-c2cccc3cnc(Nc4cccc(NC5CN(CCF)C5)n4)nc23)c1. The number of nitrogens with zero attached hydrogens (tertiary/aromatic N) is 6. The number of rotatable bonds is 11. The molecule has 1 amide bonds. The van der Waals surface area contributed by atoms with E-state index in [2.05, 4.69) is 35.8 Å². The van der Waals surface area contributed by atoms with Crippen molar-refractivity contribution in [2.45, 2.75) is 6.04 Å². The van der Waals surface area contributed by atoms with Crippen LogP contribution in [0.15, 0.2) is 73.1 Å². The molecule has 5 rings (SSSR count). The Morgan fingerprint density at radius 2 is 1.93 bits per heavy atom. The van der Waals surface area contributed by atoms with Gasteiger partial charge in [-0.3, -0.25) is 14.7 Å². The zero-order chi connectivity index (χ0) is 27.9. The summed E-state index contributed by atoms with van der Waals surface area (Å²) in [6.07, 6.45) is 6.75. The van der Waals surface area contributed by atoms with E-state index < -0.39 is 0 Å². The van der Waals surface area contributed by atoms with Gasteiger partial charge in [-0.1, -0.05) is 30.3 Å². The van der Waals surface area contributed by atoms with Gasteiger partial charge in [0.2, 0.25) is 11.9 Å². The molecule has 0 aliphatic carbocycles. The molecule has 10 nitrogen and oxygen atoms in total. The minimum atomic E-state index is -0.329. The van der Waals surface area contributed by atoms with E-state index in [0.29, 0.717) is 36.2 Å². The number of amides is 1. The molecule has 1 aromatic carbocycles. The number of hydrogen-bond acceptors (Lipinski definition) is 9. The number of benzene rings is 1. The second-order valence-electron chi connectivity index (χ2n) is 9.84. The van der Waals surface area contributed by atoms with Crippen molar-refractivity contribution in [3.05, 3.63) is 73.1 Å². The Labute approximate surface area is 232 Å². The number of likely N-dealkylation sites (N-methyl/N-ethyl adjacent to an activating group) is 1. The van der Waals surface area contributed by atoms with Gasteiger partial charge in [0.05, 0.1) is 17.3 Å². The molecule has 0 bridgehead atoms. The minimum Gasteiger partial charge on any atom is -0.365 e. The van der Waals surface area contributed by atoms with Crippen LogP contribution in [0.2, 0.25) is 0 Å². The molecule has 40 heavy (non-hydrogen) atoms. The van der Waals surface area contributed by atoms with Gasteiger partial charge in [0.25, 0.3) is 0 Å². The second-order valence-corrected chi connectivity index (χ2v) is 9.84. The number of fused-ring (bicyclic) bond motifs is 1. The fourth-order valence-electron chi connectivity index (χ4n) is 4.40. The predicted octanol–water partition coefficient (Wildman–Crippen LogP) is 3.95. The fourth-order valence-corrected chi connectivity index (χ4v) is 4.40. The van der Waals surface area contributed by atoms with Crippen LogP contribution < -0.4 is 16.0 Å². The van der Waals surface area contributed by atoms with Crippen LogP contribution in [0.4, 0.5) is 27.7 Å². The lowest BCUT2D eigenvalue weighted by Crippen LogP contribution is -2.55. The summed E-state index contributed by atoms with van der Waals surface area (Å²) in [5, 5.41) is 10.3. The van der Waals surface area contributed by atoms with Gasteiger partial charge < -0.3 is 20.9 Å². The first kappa shape index (κ1) is 27.1. The number of aromatic nitrogens is 4. The Bertz CT molecular complexity index is 1500. The van der Waals surface area contributed by atoms with Gasteiger partial charge in [0.1, 0.15) is 18.3 Å². The lowest BCUT2D eigenvalue weighted by atomic mass is 10.1. The number of carbonyl (C=O) groups excluding carboxylic acids is 1. The molecule has 1 aliphatic heterocycles. The van der Waals surface area contributed by atoms with Crippen molar-refractivity contribution in [2.75, 3.05) is 62.9 Å². The number of halogens is 1. The molecule has 1 aliphatic rings. The standard InChI is InChI=1S/C29H32FN9O/c1-38(2)14-5-10-27(40)34-21-11-13-31-24(16-21)23-7-3-6-20-17-32-29(37-28(20)23)36-26-9-4-8-25(35-26)33-22-18-39(19-22)15-12-30/h3-11,13,16-17,22H,12,14-15,18-19H2,1-2H3,(H,31,34,40)(H2,32,33,35,36,37)/b10-5+. The molecule has 206 valence electrons. The van der Waals surface area contributed by atoms with Gasteiger partial charge in [-0.15, -0.1) is 0 Å². The molecule has 4 heterocycles. The zero-order valence-electron chi connectivity index (χ0n) is 22.5. The molecule has 1 saturated heterocycles. The molecular formula is C29H32FN9O. The van der Waals surface area contributed by atoms with Crippen molar-refractivity contribution in [3.8, 4) is 11.3 Å². The van der Waals surface area contributed by atoms with Gasteiger partial charge in [0, 0.05) is 61.3 Å². The van der Waals surface area contributed by atoms with E-state index >= 15 is 0 Å². The highest BCUT2D eigenvalue weighted by molar-refractivity contribution is 6.00. The van der Waals surface area contributed by atoms with Gasteiger partial charge in [0.15, 0.2) is 0 Å². The molecule has 4 aromatic rings. The molecule has 0 saturated carbocycles. The van der Waals surface area contributed by atoms with Crippen LogP contribution in [-0.2, 0) is 4.79 Å². The minimum absolute atomic E-state index is 0.204. The largest absolute Gasteiger partial charge is 0.365 e. The number of pyridine rings is 2. The molecule has 0 atom stereocenters. The summed E-state index contributed by atoms with van der Waals surface area (Å²) in [5.41, 5.74) is 2.85. The maximum atomic E-state index is 12.5. The molecule has 3 N–H and O–H groups in total. The number of nitrogens with one attached hydrogen (secondary N) is 3. The summed E-state index contributed by atoms with van der Waals surface area (Å²) in [6.45, 7) is 2.41. The first-order valence-corrected chi connectivity index (χ1v) is 13.1. The van der Waals surface area contributed by atoms with E-state index in [4.69, 9.17) is 4.98 Å². The Morgan fingerprint density at radius 3 is 2.75 bits per heavy atom. The van der Waals surface area contributed by atoms with Crippen molar-refractivity contribution in [3.63, 3.8) is 0 Å². The number of carbonyl (C=O) groups is 1. The van der Waals surface area contributed by atoms with Crippen molar-refractivity contribution >= 4 is 40.1 Å². The smallest absolute Gasteiger partial charge is 0.248 e. The number of hydrogen-bond donors (Lipinski definition) is 3. The normalized spacial score (nSPS) is 14.0. The van der Waals surface area contributed by atoms with E-state index in [1.54, 1.807) is 18.5 Å². The Morgan fingerprint density at radius 1 is 1.10 bits per heavy atom. The molecule has 3 aromatic heterocycles. The third-order valence-electron chi connectivity index (χ3n) is 6.35. The predicted molar refractivity (Wildman–Crippen MR) is 156 cm³/mol. The lowest BCUT2D eigenvalue weighted by Gasteiger charge is -2.39. The molecule has 0 unspecified atom stereocenters. The first-order valence-electron chi connectivity index (χ1n) is 13.1. The number of alkyl halides is 1.